The Morgan fingerprint density at radius 1 is 1.30 bits per heavy atom. The van der Waals surface area contributed by atoms with Gasteiger partial charge >= 0.3 is 6.01 Å². The third kappa shape index (κ3) is 3.53. The van der Waals surface area contributed by atoms with Crippen LogP contribution in [-0.4, -0.2) is 33.6 Å². The van der Waals surface area contributed by atoms with Gasteiger partial charge in [0.1, 0.15) is 5.01 Å². The number of hydrogen-bond acceptors (Lipinski definition) is 8. The summed E-state index contributed by atoms with van der Waals surface area (Å²) in [7, 11) is 1.75. The summed E-state index contributed by atoms with van der Waals surface area (Å²) < 4.78 is 5.33. The molecule has 0 bridgehead atoms. The van der Waals surface area contributed by atoms with Crippen LogP contribution in [0.1, 0.15) is 29.8 Å². The van der Waals surface area contributed by atoms with Gasteiger partial charge in [0, 0.05) is 18.1 Å². The highest BCUT2D eigenvalue weighted by Crippen LogP contribution is 2.22. The molecule has 2 heterocycles. The summed E-state index contributed by atoms with van der Waals surface area (Å²) in [5.41, 5.74) is 0. The van der Waals surface area contributed by atoms with E-state index in [0.717, 1.165) is 5.01 Å². The molecule has 8 heteroatoms. The topological polar surface area (TPSA) is 84.9 Å². The van der Waals surface area contributed by atoms with Crippen LogP contribution < -0.4 is 15.4 Å². The predicted octanol–water partition coefficient (Wildman–Crippen LogP) is 2.25. The first-order valence-corrected chi connectivity index (χ1v) is 7.19. The third-order valence-corrected chi connectivity index (χ3v) is 3.56. The SMILES string of the molecule is CCOc1nc(NC)nc(NC(C)c2ncc(C)s2)n1. The van der Waals surface area contributed by atoms with Crippen LogP contribution in [-0.2, 0) is 0 Å². The summed E-state index contributed by atoms with van der Waals surface area (Å²) >= 11 is 1.65. The fraction of sp³-hybridized carbons (Fsp3) is 0.500. The van der Waals surface area contributed by atoms with Crippen molar-refractivity contribution in [3.05, 3.63) is 16.1 Å². The largest absolute Gasteiger partial charge is 0.464 e. The van der Waals surface area contributed by atoms with Gasteiger partial charge < -0.3 is 15.4 Å². The molecule has 0 aromatic carbocycles. The number of nitrogens with zero attached hydrogens (tertiary/aromatic N) is 4. The number of aromatic nitrogens is 4. The molecule has 0 aliphatic heterocycles. The molecule has 0 fully saturated rings. The van der Waals surface area contributed by atoms with Gasteiger partial charge in [-0.1, -0.05) is 0 Å². The van der Waals surface area contributed by atoms with Crippen molar-refractivity contribution in [2.45, 2.75) is 26.8 Å². The molecule has 0 radical (unpaired) electrons. The van der Waals surface area contributed by atoms with E-state index in [4.69, 9.17) is 4.74 Å². The summed E-state index contributed by atoms with van der Waals surface area (Å²) in [5, 5.41) is 7.09. The lowest BCUT2D eigenvalue weighted by atomic mass is 10.4. The van der Waals surface area contributed by atoms with E-state index in [2.05, 4.69) is 30.6 Å². The van der Waals surface area contributed by atoms with E-state index >= 15 is 0 Å². The van der Waals surface area contributed by atoms with Crippen LogP contribution in [0, 0.1) is 6.92 Å². The highest BCUT2D eigenvalue weighted by atomic mass is 32.1. The zero-order valence-electron chi connectivity index (χ0n) is 12.0. The number of rotatable bonds is 6. The van der Waals surface area contributed by atoms with Crippen LogP contribution in [0.2, 0.25) is 0 Å². The number of hydrogen-bond donors (Lipinski definition) is 2. The predicted molar refractivity (Wildman–Crippen MR) is 79.4 cm³/mol. The average molecular weight is 294 g/mol. The van der Waals surface area contributed by atoms with E-state index < -0.39 is 0 Å². The van der Waals surface area contributed by atoms with Crippen LogP contribution in [0.5, 0.6) is 6.01 Å². The van der Waals surface area contributed by atoms with Gasteiger partial charge in [-0.05, 0) is 20.8 Å². The second-order valence-corrected chi connectivity index (χ2v) is 5.39. The first-order valence-electron chi connectivity index (χ1n) is 6.37. The van der Waals surface area contributed by atoms with Crippen molar-refractivity contribution in [3.63, 3.8) is 0 Å². The average Bonchev–Trinajstić information content (AvgIpc) is 2.85. The van der Waals surface area contributed by atoms with E-state index in [9.17, 15) is 0 Å². The lowest BCUT2D eigenvalue weighted by Crippen LogP contribution is -2.12. The molecule has 7 nitrogen and oxygen atoms in total. The minimum atomic E-state index is 0.0234. The molecule has 2 aromatic heterocycles. The zero-order valence-corrected chi connectivity index (χ0v) is 12.8. The third-order valence-electron chi connectivity index (χ3n) is 2.47. The van der Waals surface area contributed by atoms with Crippen LogP contribution in [0.15, 0.2) is 6.20 Å². The van der Waals surface area contributed by atoms with Gasteiger partial charge in [0.05, 0.1) is 12.6 Å². The van der Waals surface area contributed by atoms with E-state index in [1.807, 2.05) is 27.0 Å². The Kier molecular flexibility index (Phi) is 4.67. The fourth-order valence-corrected chi connectivity index (χ4v) is 2.33. The molecular formula is C12H18N6OS. The monoisotopic (exact) mass is 294 g/mol. The Bertz CT molecular complexity index is 573. The Hall–Kier alpha value is -1.96. The first-order chi connectivity index (χ1) is 9.62. The Labute approximate surface area is 121 Å². The van der Waals surface area contributed by atoms with E-state index in [1.54, 1.807) is 18.4 Å². The minimum Gasteiger partial charge on any atom is -0.464 e. The van der Waals surface area contributed by atoms with Crippen molar-refractivity contribution in [1.82, 2.24) is 19.9 Å². The number of aryl methyl sites for hydroxylation is 1. The van der Waals surface area contributed by atoms with Gasteiger partial charge in [0.15, 0.2) is 0 Å². The van der Waals surface area contributed by atoms with Crippen LogP contribution in [0.4, 0.5) is 11.9 Å². The molecule has 2 aromatic rings. The van der Waals surface area contributed by atoms with Crippen molar-refractivity contribution in [1.29, 1.82) is 0 Å². The highest BCUT2D eigenvalue weighted by Gasteiger charge is 2.13. The van der Waals surface area contributed by atoms with E-state index in [1.165, 1.54) is 4.88 Å². The molecule has 2 rings (SSSR count). The molecule has 0 aliphatic rings. The standard InChI is InChI=1S/C12H18N6OS/c1-5-19-12-17-10(13-4)16-11(18-12)15-8(3)9-14-6-7(2)20-9/h6,8H,5H2,1-4H3,(H2,13,15,16,17,18). The van der Waals surface area contributed by atoms with Crippen molar-refractivity contribution in [2.75, 3.05) is 24.3 Å². The van der Waals surface area contributed by atoms with Crippen molar-refractivity contribution in [2.24, 2.45) is 0 Å². The number of ether oxygens (including phenoxy) is 1. The van der Waals surface area contributed by atoms with Gasteiger partial charge in [-0.25, -0.2) is 4.98 Å². The summed E-state index contributed by atoms with van der Waals surface area (Å²) in [6.07, 6.45) is 1.86. The molecule has 0 spiro atoms. The molecule has 1 atom stereocenters. The van der Waals surface area contributed by atoms with Gasteiger partial charge in [0.2, 0.25) is 11.9 Å². The second-order valence-electron chi connectivity index (χ2n) is 4.12. The van der Waals surface area contributed by atoms with Crippen molar-refractivity contribution in [3.8, 4) is 6.01 Å². The lowest BCUT2D eigenvalue weighted by Gasteiger charge is -2.12. The highest BCUT2D eigenvalue weighted by molar-refractivity contribution is 7.11. The summed E-state index contributed by atoms with van der Waals surface area (Å²) in [6.45, 7) is 6.44. The molecular weight excluding hydrogens is 276 g/mol. The normalized spacial score (nSPS) is 12.0. The summed E-state index contributed by atoms with van der Waals surface area (Å²) in [5.74, 6) is 0.932. The van der Waals surface area contributed by atoms with Crippen molar-refractivity contribution >= 4 is 23.2 Å². The Morgan fingerprint density at radius 3 is 2.65 bits per heavy atom. The Balaban J connectivity index is 2.17. The number of nitrogens with one attached hydrogen (secondary N) is 2. The maximum Gasteiger partial charge on any atom is 0.323 e. The molecule has 2 N–H and O–H groups in total. The van der Waals surface area contributed by atoms with Crippen LogP contribution in [0.3, 0.4) is 0 Å². The second kappa shape index (κ2) is 6.47. The van der Waals surface area contributed by atoms with Gasteiger partial charge in [-0.15, -0.1) is 11.3 Å². The fourth-order valence-electron chi connectivity index (χ4n) is 1.55. The smallest absolute Gasteiger partial charge is 0.323 e. The first kappa shape index (κ1) is 14.4. The van der Waals surface area contributed by atoms with Gasteiger partial charge in [0.25, 0.3) is 0 Å². The lowest BCUT2D eigenvalue weighted by molar-refractivity contribution is 0.312. The van der Waals surface area contributed by atoms with Gasteiger partial charge in [-0.2, -0.15) is 15.0 Å². The quantitative estimate of drug-likeness (QED) is 0.845. The number of thiazole rings is 1. The van der Waals surface area contributed by atoms with Crippen LogP contribution >= 0.6 is 11.3 Å². The minimum absolute atomic E-state index is 0.0234. The molecule has 0 aliphatic carbocycles. The maximum absolute atomic E-state index is 5.33. The van der Waals surface area contributed by atoms with Gasteiger partial charge in [-0.3, -0.25) is 0 Å². The Morgan fingerprint density at radius 2 is 2.05 bits per heavy atom. The van der Waals surface area contributed by atoms with Crippen molar-refractivity contribution < 1.29 is 4.74 Å². The maximum atomic E-state index is 5.33. The van der Waals surface area contributed by atoms with Crippen LogP contribution in [0.25, 0.3) is 0 Å². The summed E-state index contributed by atoms with van der Waals surface area (Å²) in [6, 6.07) is 0.326. The van der Waals surface area contributed by atoms with E-state index in [-0.39, 0.29) is 6.04 Å². The molecule has 0 saturated carbocycles. The van der Waals surface area contributed by atoms with E-state index in [0.29, 0.717) is 24.5 Å². The molecule has 20 heavy (non-hydrogen) atoms. The molecule has 1 unspecified atom stereocenters. The molecule has 0 amide bonds. The summed E-state index contributed by atoms with van der Waals surface area (Å²) in [4.78, 5) is 18.1. The molecule has 0 saturated heterocycles. The number of anilines is 2. The molecule has 108 valence electrons. The zero-order chi connectivity index (χ0) is 14.5.